The Morgan fingerprint density at radius 1 is 1.16 bits per heavy atom. The van der Waals surface area contributed by atoms with Crippen molar-refractivity contribution in [3.63, 3.8) is 0 Å². The molecule has 0 fully saturated rings. The number of unbranched alkanes of at least 4 members (excludes halogenated alkanes) is 1. The second kappa shape index (κ2) is 11.7. The molecule has 2 rings (SSSR count). The minimum absolute atomic E-state index is 0.483. The number of hydrogen-bond donors (Lipinski definition) is 2. The van der Waals surface area contributed by atoms with Crippen LogP contribution in [0, 0.1) is 0 Å². The molecule has 5 heteroatoms. The van der Waals surface area contributed by atoms with Gasteiger partial charge in [-0.05, 0) is 46.7 Å². The highest BCUT2D eigenvalue weighted by Crippen LogP contribution is 2.16. The standard InChI is InChI=1S/C20H29N3OS/c1-17(19-10-13-25-16-19)14-23-20(21-2)22-11-6-7-12-24-15-18-8-4-3-5-9-18/h3-5,8-10,13,16-17H,6-7,11-12,14-15H2,1-2H3,(H2,21,22,23). The molecule has 136 valence electrons. The van der Waals surface area contributed by atoms with Gasteiger partial charge >= 0.3 is 0 Å². The Hall–Kier alpha value is -1.85. The highest BCUT2D eigenvalue weighted by Gasteiger charge is 2.06. The fourth-order valence-electron chi connectivity index (χ4n) is 2.44. The van der Waals surface area contributed by atoms with Crippen LogP contribution in [0.15, 0.2) is 52.2 Å². The van der Waals surface area contributed by atoms with E-state index in [4.69, 9.17) is 4.74 Å². The topological polar surface area (TPSA) is 45.7 Å². The van der Waals surface area contributed by atoms with Gasteiger partial charge < -0.3 is 15.4 Å². The summed E-state index contributed by atoms with van der Waals surface area (Å²) in [5, 5.41) is 11.1. The van der Waals surface area contributed by atoms with Gasteiger partial charge in [0.25, 0.3) is 0 Å². The third-order valence-electron chi connectivity index (χ3n) is 4.03. The molecule has 2 N–H and O–H groups in total. The molecular weight excluding hydrogens is 330 g/mol. The lowest BCUT2D eigenvalue weighted by Gasteiger charge is -2.15. The number of rotatable bonds is 10. The van der Waals surface area contributed by atoms with E-state index in [-0.39, 0.29) is 0 Å². The van der Waals surface area contributed by atoms with Crippen molar-refractivity contribution in [2.75, 3.05) is 26.7 Å². The zero-order chi connectivity index (χ0) is 17.7. The fourth-order valence-corrected chi connectivity index (χ4v) is 3.23. The van der Waals surface area contributed by atoms with Gasteiger partial charge in [0.15, 0.2) is 5.96 Å². The number of guanidine groups is 1. The number of nitrogens with zero attached hydrogens (tertiary/aromatic N) is 1. The van der Waals surface area contributed by atoms with Crippen molar-refractivity contribution in [3.8, 4) is 0 Å². The van der Waals surface area contributed by atoms with Gasteiger partial charge in [-0.15, -0.1) is 0 Å². The molecule has 1 unspecified atom stereocenters. The van der Waals surface area contributed by atoms with Crippen LogP contribution < -0.4 is 10.6 Å². The molecule has 2 aromatic rings. The van der Waals surface area contributed by atoms with Crippen LogP contribution in [0.25, 0.3) is 0 Å². The molecule has 0 amide bonds. The SMILES string of the molecule is CN=C(NCCCCOCc1ccccc1)NCC(C)c1ccsc1. The van der Waals surface area contributed by atoms with Gasteiger partial charge in [0.05, 0.1) is 6.61 Å². The Balaban J connectivity index is 1.51. The monoisotopic (exact) mass is 359 g/mol. The van der Waals surface area contributed by atoms with Gasteiger partial charge in [-0.25, -0.2) is 0 Å². The molecule has 4 nitrogen and oxygen atoms in total. The summed E-state index contributed by atoms with van der Waals surface area (Å²) in [6.45, 7) is 5.50. The molecule has 1 aromatic heterocycles. The van der Waals surface area contributed by atoms with Crippen LogP contribution >= 0.6 is 11.3 Å². The molecule has 0 saturated heterocycles. The average Bonchev–Trinajstić information content (AvgIpc) is 3.19. The highest BCUT2D eigenvalue weighted by atomic mass is 32.1. The summed E-state index contributed by atoms with van der Waals surface area (Å²) in [5.74, 6) is 1.35. The van der Waals surface area contributed by atoms with Crippen molar-refractivity contribution >= 4 is 17.3 Å². The minimum atomic E-state index is 0.483. The van der Waals surface area contributed by atoms with E-state index in [1.54, 1.807) is 11.3 Å². The Morgan fingerprint density at radius 2 is 2.00 bits per heavy atom. The van der Waals surface area contributed by atoms with Crippen LogP contribution in [0.5, 0.6) is 0 Å². The summed E-state index contributed by atoms with van der Waals surface area (Å²) in [5.41, 5.74) is 2.61. The highest BCUT2D eigenvalue weighted by molar-refractivity contribution is 7.07. The van der Waals surface area contributed by atoms with Crippen LogP contribution in [0.4, 0.5) is 0 Å². The number of aliphatic imine (C=N–C) groups is 1. The maximum Gasteiger partial charge on any atom is 0.190 e. The number of thiophene rings is 1. The van der Waals surface area contributed by atoms with E-state index < -0.39 is 0 Å². The summed E-state index contributed by atoms with van der Waals surface area (Å²) in [7, 11) is 1.81. The number of nitrogens with one attached hydrogen (secondary N) is 2. The van der Waals surface area contributed by atoms with Crippen LogP contribution in [0.3, 0.4) is 0 Å². The zero-order valence-corrected chi connectivity index (χ0v) is 16.0. The lowest BCUT2D eigenvalue weighted by Crippen LogP contribution is -2.39. The number of hydrogen-bond acceptors (Lipinski definition) is 3. The van der Waals surface area contributed by atoms with Gasteiger partial charge in [-0.1, -0.05) is 37.3 Å². The maximum absolute atomic E-state index is 5.70. The van der Waals surface area contributed by atoms with Crippen molar-refractivity contribution in [2.24, 2.45) is 4.99 Å². The minimum Gasteiger partial charge on any atom is -0.377 e. The Morgan fingerprint density at radius 3 is 2.72 bits per heavy atom. The second-order valence-electron chi connectivity index (χ2n) is 6.08. The predicted molar refractivity (Wildman–Crippen MR) is 107 cm³/mol. The normalized spacial score (nSPS) is 12.8. The first-order chi connectivity index (χ1) is 12.3. The molecule has 1 aromatic carbocycles. The molecule has 0 bridgehead atoms. The molecule has 1 atom stereocenters. The van der Waals surface area contributed by atoms with E-state index in [2.05, 4.69) is 51.5 Å². The zero-order valence-electron chi connectivity index (χ0n) is 15.2. The maximum atomic E-state index is 5.70. The van der Waals surface area contributed by atoms with Crippen LogP contribution in [-0.4, -0.2) is 32.7 Å². The van der Waals surface area contributed by atoms with Crippen molar-refractivity contribution in [1.82, 2.24) is 10.6 Å². The molecule has 0 aliphatic heterocycles. The lowest BCUT2D eigenvalue weighted by atomic mass is 10.1. The van der Waals surface area contributed by atoms with Gasteiger partial charge in [0, 0.05) is 26.7 Å². The molecule has 0 spiro atoms. The number of ether oxygens (including phenoxy) is 1. The third kappa shape index (κ3) is 7.71. The van der Waals surface area contributed by atoms with Crippen molar-refractivity contribution in [1.29, 1.82) is 0 Å². The largest absolute Gasteiger partial charge is 0.377 e. The second-order valence-corrected chi connectivity index (χ2v) is 6.86. The third-order valence-corrected chi connectivity index (χ3v) is 4.73. The van der Waals surface area contributed by atoms with Crippen molar-refractivity contribution in [2.45, 2.75) is 32.3 Å². The molecule has 25 heavy (non-hydrogen) atoms. The van der Waals surface area contributed by atoms with Crippen LogP contribution in [0.2, 0.25) is 0 Å². The van der Waals surface area contributed by atoms with Crippen LogP contribution in [-0.2, 0) is 11.3 Å². The molecule has 0 saturated carbocycles. The van der Waals surface area contributed by atoms with Crippen molar-refractivity contribution < 1.29 is 4.74 Å². The lowest BCUT2D eigenvalue weighted by molar-refractivity contribution is 0.117. The predicted octanol–water partition coefficient (Wildman–Crippen LogP) is 4.01. The van der Waals surface area contributed by atoms with Gasteiger partial charge in [0.1, 0.15) is 0 Å². The summed E-state index contributed by atoms with van der Waals surface area (Å²) in [6, 6.07) is 12.5. The van der Waals surface area contributed by atoms with Crippen molar-refractivity contribution in [3.05, 3.63) is 58.3 Å². The smallest absolute Gasteiger partial charge is 0.190 e. The van der Waals surface area contributed by atoms with E-state index in [9.17, 15) is 0 Å². The Kier molecular flexibility index (Phi) is 9.08. The average molecular weight is 360 g/mol. The Bertz CT molecular complexity index is 599. The molecule has 0 aliphatic rings. The first kappa shape index (κ1) is 19.5. The van der Waals surface area contributed by atoms with Gasteiger partial charge in [-0.2, -0.15) is 11.3 Å². The molecule has 0 radical (unpaired) electrons. The van der Waals surface area contributed by atoms with E-state index in [1.807, 2.05) is 25.2 Å². The summed E-state index contributed by atoms with van der Waals surface area (Å²) >= 11 is 1.74. The summed E-state index contributed by atoms with van der Waals surface area (Å²) < 4.78 is 5.70. The Labute approximate surface area is 155 Å². The molecule has 1 heterocycles. The first-order valence-electron chi connectivity index (χ1n) is 8.88. The van der Waals surface area contributed by atoms with E-state index in [1.165, 1.54) is 11.1 Å². The van der Waals surface area contributed by atoms with E-state index >= 15 is 0 Å². The van der Waals surface area contributed by atoms with E-state index in [0.29, 0.717) is 12.5 Å². The van der Waals surface area contributed by atoms with Gasteiger partial charge in [0.2, 0.25) is 0 Å². The van der Waals surface area contributed by atoms with Gasteiger partial charge in [-0.3, -0.25) is 4.99 Å². The molecule has 0 aliphatic carbocycles. The van der Waals surface area contributed by atoms with E-state index in [0.717, 1.165) is 38.5 Å². The fraction of sp³-hybridized carbons (Fsp3) is 0.450. The quantitative estimate of drug-likeness (QED) is 0.383. The first-order valence-corrected chi connectivity index (χ1v) is 9.82. The summed E-state index contributed by atoms with van der Waals surface area (Å²) in [6.07, 6.45) is 2.11. The molecular formula is C20H29N3OS. The summed E-state index contributed by atoms with van der Waals surface area (Å²) in [4.78, 5) is 4.28. The number of benzene rings is 1. The van der Waals surface area contributed by atoms with Crippen LogP contribution in [0.1, 0.15) is 36.8 Å².